The topological polar surface area (TPSA) is 23.6 Å². The van der Waals surface area contributed by atoms with E-state index in [0.717, 1.165) is 38.9 Å². The summed E-state index contributed by atoms with van der Waals surface area (Å²) in [6, 6.07) is 0. The first kappa shape index (κ1) is 15.2. The average Bonchev–Trinajstić information content (AvgIpc) is 2.38. The van der Waals surface area contributed by atoms with Crippen LogP contribution in [-0.2, 0) is 4.79 Å². The van der Waals surface area contributed by atoms with Gasteiger partial charge in [0.1, 0.15) is 0 Å². The average molecular weight is 252 g/mol. The first-order chi connectivity index (χ1) is 8.65. The van der Waals surface area contributed by atoms with Crippen LogP contribution in [0, 0.1) is 5.92 Å². The van der Waals surface area contributed by atoms with E-state index < -0.39 is 0 Å². The molecule has 0 radical (unpaired) electrons. The van der Waals surface area contributed by atoms with Gasteiger partial charge in [-0.2, -0.15) is 0 Å². The molecule has 1 fully saturated rings. The fourth-order valence-corrected chi connectivity index (χ4v) is 2.43. The van der Waals surface area contributed by atoms with Crippen LogP contribution in [0.3, 0.4) is 0 Å². The molecular formula is C15H28N2O. The van der Waals surface area contributed by atoms with Gasteiger partial charge in [-0.05, 0) is 38.8 Å². The largest absolute Gasteiger partial charge is 0.349 e. The lowest BCUT2D eigenvalue weighted by atomic mass is 9.95. The van der Waals surface area contributed by atoms with E-state index in [1.54, 1.807) is 4.90 Å². The Kier molecular flexibility index (Phi) is 7.02. The summed E-state index contributed by atoms with van der Waals surface area (Å²) >= 11 is 0. The van der Waals surface area contributed by atoms with E-state index in [9.17, 15) is 4.79 Å². The van der Waals surface area contributed by atoms with E-state index in [0.29, 0.717) is 5.91 Å². The van der Waals surface area contributed by atoms with Crippen molar-refractivity contribution in [2.24, 2.45) is 5.92 Å². The highest BCUT2D eigenvalue weighted by Crippen LogP contribution is 2.18. The van der Waals surface area contributed by atoms with Gasteiger partial charge in [-0.1, -0.05) is 25.5 Å². The Balaban J connectivity index is 2.17. The summed E-state index contributed by atoms with van der Waals surface area (Å²) in [7, 11) is 3.71. The molecule has 1 heterocycles. The Labute approximate surface area is 112 Å². The predicted octanol–water partition coefficient (Wildman–Crippen LogP) is 2.53. The van der Waals surface area contributed by atoms with Gasteiger partial charge >= 0.3 is 0 Å². The molecule has 0 spiro atoms. The predicted molar refractivity (Wildman–Crippen MR) is 76.5 cm³/mol. The molecule has 1 amide bonds. The van der Waals surface area contributed by atoms with Gasteiger partial charge in [0.15, 0.2) is 0 Å². The van der Waals surface area contributed by atoms with Crippen molar-refractivity contribution in [2.45, 2.75) is 39.0 Å². The lowest BCUT2D eigenvalue weighted by Crippen LogP contribution is -2.40. The third-order valence-electron chi connectivity index (χ3n) is 3.61. The van der Waals surface area contributed by atoms with Crippen molar-refractivity contribution in [3.8, 4) is 0 Å². The maximum Gasteiger partial charge on any atom is 0.225 e. The molecule has 0 bridgehead atoms. The molecule has 1 aliphatic rings. The van der Waals surface area contributed by atoms with E-state index in [1.165, 1.54) is 12.8 Å². The zero-order valence-electron chi connectivity index (χ0n) is 12.2. The maximum absolute atomic E-state index is 11.8. The highest BCUT2D eigenvalue weighted by molar-refractivity contribution is 5.78. The van der Waals surface area contributed by atoms with Crippen LogP contribution in [-0.4, -0.2) is 49.4 Å². The number of allylic oxidation sites excluding steroid dienone is 1. The summed E-state index contributed by atoms with van der Waals surface area (Å²) in [5, 5.41) is 0. The highest BCUT2D eigenvalue weighted by Gasteiger charge is 2.25. The van der Waals surface area contributed by atoms with Crippen molar-refractivity contribution >= 4 is 5.91 Å². The normalized spacial score (nSPS) is 18.4. The van der Waals surface area contributed by atoms with Crippen molar-refractivity contribution in [3.63, 3.8) is 0 Å². The maximum atomic E-state index is 11.8. The van der Waals surface area contributed by atoms with Gasteiger partial charge in [0.2, 0.25) is 5.91 Å². The second-order valence-corrected chi connectivity index (χ2v) is 5.40. The summed E-state index contributed by atoms with van der Waals surface area (Å²) < 4.78 is 0. The number of unbranched alkanes of at least 4 members (excludes halogenated alkanes) is 1. The Morgan fingerprint density at radius 2 is 1.83 bits per heavy atom. The summed E-state index contributed by atoms with van der Waals surface area (Å²) in [5.41, 5.74) is 0. The standard InChI is InChI=1S/C15H28N2O/c1-4-5-6-7-8-11-17-12-9-14(10-13-17)15(18)16(2)3/h6-7,14H,4-5,8-13H2,1-3H3/b7-6+. The molecule has 0 N–H and O–H groups in total. The lowest BCUT2D eigenvalue weighted by Gasteiger charge is -2.32. The Hall–Kier alpha value is -0.830. The third kappa shape index (κ3) is 5.21. The summed E-state index contributed by atoms with van der Waals surface area (Å²) in [5.74, 6) is 0.560. The van der Waals surface area contributed by atoms with E-state index >= 15 is 0 Å². The van der Waals surface area contributed by atoms with Crippen LogP contribution in [0.25, 0.3) is 0 Å². The molecule has 0 aromatic carbocycles. The minimum Gasteiger partial charge on any atom is -0.349 e. The molecule has 0 saturated carbocycles. The number of rotatable bonds is 6. The van der Waals surface area contributed by atoms with Gasteiger partial charge in [-0.15, -0.1) is 0 Å². The van der Waals surface area contributed by atoms with Crippen molar-refractivity contribution in [1.82, 2.24) is 9.80 Å². The lowest BCUT2D eigenvalue weighted by molar-refractivity contribution is -0.134. The Morgan fingerprint density at radius 3 is 2.39 bits per heavy atom. The first-order valence-corrected chi connectivity index (χ1v) is 7.23. The van der Waals surface area contributed by atoms with Gasteiger partial charge in [0.25, 0.3) is 0 Å². The van der Waals surface area contributed by atoms with E-state index in [2.05, 4.69) is 24.0 Å². The van der Waals surface area contributed by atoms with Gasteiger partial charge in [0, 0.05) is 26.6 Å². The molecule has 0 atom stereocenters. The minimum atomic E-state index is 0.256. The Morgan fingerprint density at radius 1 is 1.22 bits per heavy atom. The zero-order valence-corrected chi connectivity index (χ0v) is 12.2. The van der Waals surface area contributed by atoms with Crippen LogP contribution in [0.2, 0.25) is 0 Å². The van der Waals surface area contributed by atoms with Crippen LogP contribution in [0.15, 0.2) is 12.2 Å². The van der Waals surface area contributed by atoms with Gasteiger partial charge in [-0.25, -0.2) is 0 Å². The molecule has 18 heavy (non-hydrogen) atoms. The molecule has 1 rings (SSSR count). The van der Waals surface area contributed by atoms with Crippen molar-refractivity contribution in [2.75, 3.05) is 33.7 Å². The molecule has 3 nitrogen and oxygen atoms in total. The fourth-order valence-electron chi connectivity index (χ4n) is 2.43. The molecule has 1 saturated heterocycles. The van der Waals surface area contributed by atoms with Gasteiger partial charge < -0.3 is 9.80 Å². The highest BCUT2D eigenvalue weighted by atomic mass is 16.2. The SMILES string of the molecule is CCC/C=C/CCN1CCC(C(=O)N(C)C)CC1. The minimum absolute atomic E-state index is 0.256. The third-order valence-corrected chi connectivity index (χ3v) is 3.61. The molecule has 0 aromatic rings. The molecule has 0 aliphatic carbocycles. The number of piperidine rings is 1. The monoisotopic (exact) mass is 252 g/mol. The summed E-state index contributed by atoms with van der Waals surface area (Å²) in [6.45, 7) is 5.50. The first-order valence-electron chi connectivity index (χ1n) is 7.23. The summed E-state index contributed by atoms with van der Waals surface area (Å²) in [6.07, 6.45) is 10.2. The summed E-state index contributed by atoms with van der Waals surface area (Å²) in [4.78, 5) is 16.0. The zero-order chi connectivity index (χ0) is 13.4. The number of hydrogen-bond donors (Lipinski definition) is 0. The molecule has 1 aliphatic heterocycles. The van der Waals surface area contributed by atoms with Crippen LogP contribution in [0.5, 0.6) is 0 Å². The van der Waals surface area contributed by atoms with E-state index in [4.69, 9.17) is 0 Å². The van der Waals surface area contributed by atoms with Crippen molar-refractivity contribution in [1.29, 1.82) is 0 Å². The van der Waals surface area contributed by atoms with Crippen LogP contribution < -0.4 is 0 Å². The number of carbonyl (C=O) groups excluding carboxylic acids is 1. The molecular weight excluding hydrogens is 224 g/mol. The fraction of sp³-hybridized carbons (Fsp3) is 0.800. The van der Waals surface area contributed by atoms with Crippen LogP contribution >= 0.6 is 0 Å². The molecule has 104 valence electrons. The molecule has 3 heteroatoms. The second-order valence-electron chi connectivity index (χ2n) is 5.40. The van der Waals surface area contributed by atoms with Gasteiger partial charge in [-0.3, -0.25) is 4.79 Å². The molecule has 0 aromatic heterocycles. The number of carbonyl (C=O) groups is 1. The van der Waals surface area contributed by atoms with Crippen molar-refractivity contribution < 1.29 is 4.79 Å². The van der Waals surface area contributed by atoms with Crippen LogP contribution in [0.4, 0.5) is 0 Å². The molecule has 0 unspecified atom stereocenters. The van der Waals surface area contributed by atoms with E-state index in [-0.39, 0.29) is 5.92 Å². The smallest absolute Gasteiger partial charge is 0.225 e. The second kappa shape index (κ2) is 8.30. The van der Waals surface area contributed by atoms with Crippen molar-refractivity contribution in [3.05, 3.63) is 12.2 Å². The number of likely N-dealkylation sites (tertiary alicyclic amines) is 1. The Bertz CT molecular complexity index is 266. The number of amides is 1. The number of hydrogen-bond acceptors (Lipinski definition) is 2. The quantitative estimate of drug-likeness (QED) is 0.678. The van der Waals surface area contributed by atoms with E-state index in [1.807, 2.05) is 14.1 Å². The van der Waals surface area contributed by atoms with Gasteiger partial charge in [0.05, 0.1) is 0 Å². The number of nitrogens with zero attached hydrogens (tertiary/aromatic N) is 2. The van der Waals surface area contributed by atoms with Crippen LogP contribution in [0.1, 0.15) is 39.0 Å².